The maximum atomic E-state index is 11.7. The average Bonchev–Trinajstić information content (AvgIpc) is 2.64. The minimum absolute atomic E-state index is 0.0291. The van der Waals surface area contributed by atoms with E-state index in [9.17, 15) is 14.4 Å². The molecular formula is C10H10ClN3O3. The predicted octanol–water partition coefficient (Wildman–Crippen LogP) is -0.134. The van der Waals surface area contributed by atoms with Crippen molar-refractivity contribution in [3.8, 4) is 0 Å². The maximum Gasteiger partial charge on any atom is 0.272 e. The number of aromatic nitrogens is 1. The molecule has 1 unspecified atom stereocenters. The van der Waals surface area contributed by atoms with Gasteiger partial charge in [-0.05, 0) is 6.07 Å². The molecule has 0 saturated carbocycles. The topological polar surface area (TPSA) is 96.3 Å². The zero-order valence-electron chi connectivity index (χ0n) is 8.77. The molecule has 2 rings (SSSR count). The molecule has 3 N–H and O–H groups in total. The Kier molecular flexibility index (Phi) is 2.89. The number of hydrogen-bond acceptors (Lipinski definition) is 3. The van der Waals surface area contributed by atoms with Crippen LogP contribution in [0.15, 0.2) is 17.1 Å². The van der Waals surface area contributed by atoms with Crippen molar-refractivity contribution in [3.63, 3.8) is 0 Å². The Morgan fingerprint density at radius 2 is 2.24 bits per heavy atom. The summed E-state index contributed by atoms with van der Waals surface area (Å²) in [6.07, 6.45) is 1.36. The SMILES string of the molecule is NC(=O)C1CC(=O)N(c2cc(Cl)c[nH]c2=O)C1. The van der Waals surface area contributed by atoms with Crippen LogP contribution in [0, 0.1) is 5.92 Å². The normalized spacial score (nSPS) is 19.7. The van der Waals surface area contributed by atoms with Crippen LogP contribution < -0.4 is 16.2 Å². The van der Waals surface area contributed by atoms with E-state index < -0.39 is 17.4 Å². The lowest BCUT2D eigenvalue weighted by Gasteiger charge is -2.14. The maximum absolute atomic E-state index is 11.7. The van der Waals surface area contributed by atoms with E-state index in [0.29, 0.717) is 5.02 Å². The van der Waals surface area contributed by atoms with Crippen molar-refractivity contribution in [1.82, 2.24) is 4.98 Å². The Morgan fingerprint density at radius 3 is 2.82 bits per heavy atom. The Hall–Kier alpha value is -1.82. The van der Waals surface area contributed by atoms with Crippen LogP contribution in [-0.4, -0.2) is 23.3 Å². The molecule has 0 radical (unpaired) electrons. The number of carbonyl (C=O) groups is 2. The quantitative estimate of drug-likeness (QED) is 0.770. The first kappa shape index (κ1) is 11.7. The van der Waals surface area contributed by atoms with Crippen molar-refractivity contribution < 1.29 is 9.59 Å². The summed E-state index contributed by atoms with van der Waals surface area (Å²) in [5.41, 5.74) is 4.86. The molecule has 1 aliphatic heterocycles. The number of anilines is 1. The minimum Gasteiger partial charge on any atom is -0.369 e. The van der Waals surface area contributed by atoms with Crippen LogP contribution in [0.5, 0.6) is 0 Å². The third-order valence-corrected chi connectivity index (χ3v) is 2.88. The highest BCUT2D eigenvalue weighted by atomic mass is 35.5. The van der Waals surface area contributed by atoms with Crippen LogP contribution in [0.3, 0.4) is 0 Å². The molecule has 0 bridgehead atoms. The van der Waals surface area contributed by atoms with E-state index in [2.05, 4.69) is 4.98 Å². The molecule has 6 nitrogen and oxygen atoms in total. The standard InChI is InChI=1S/C10H10ClN3O3/c11-6-2-7(10(17)13-3-6)14-4-5(9(12)16)1-8(14)15/h2-3,5H,1,4H2,(H2,12,16)(H,13,17). The third kappa shape index (κ3) is 2.16. The number of rotatable bonds is 2. The zero-order valence-corrected chi connectivity index (χ0v) is 9.53. The molecule has 0 spiro atoms. The smallest absolute Gasteiger partial charge is 0.272 e. The summed E-state index contributed by atoms with van der Waals surface area (Å²) in [5, 5.41) is 0.315. The molecule has 1 aliphatic rings. The van der Waals surface area contributed by atoms with Crippen LogP contribution in [0.1, 0.15) is 6.42 Å². The van der Waals surface area contributed by atoms with Gasteiger partial charge in [0.2, 0.25) is 11.8 Å². The molecule has 1 fully saturated rings. The predicted molar refractivity (Wildman–Crippen MR) is 61.7 cm³/mol. The number of nitrogens with zero attached hydrogens (tertiary/aromatic N) is 1. The molecular weight excluding hydrogens is 246 g/mol. The van der Waals surface area contributed by atoms with Gasteiger partial charge in [-0.3, -0.25) is 14.4 Å². The first-order valence-electron chi connectivity index (χ1n) is 4.97. The first-order valence-corrected chi connectivity index (χ1v) is 5.34. The minimum atomic E-state index is -0.555. The van der Waals surface area contributed by atoms with E-state index in [1.807, 2.05) is 0 Å². The van der Waals surface area contributed by atoms with Gasteiger partial charge in [0, 0.05) is 19.2 Å². The van der Waals surface area contributed by atoms with Crippen LogP contribution in [0.4, 0.5) is 5.69 Å². The number of carbonyl (C=O) groups excluding carboxylic acids is 2. The number of aromatic amines is 1. The monoisotopic (exact) mass is 255 g/mol. The fraction of sp³-hybridized carbons (Fsp3) is 0.300. The van der Waals surface area contributed by atoms with Gasteiger partial charge >= 0.3 is 0 Å². The van der Waals surface area contributed by atoms with E-state index in [4.69, 9.17) is 17.3 Å². The van der Waals surface area contributed by atoms with Gasteiger partial charge in [-0.15, -0.1) is 0 Å². The molecule has 1 aromatic rings. The van der Waals surface area contributed by atoms with Gasteiger partial charge in [0.05, 0.1) is 10.9 Å². The first-order chi connectivity index (χ1) is 7.99. The second-order valence-electron chi connectivity index (χ2n) is 3.84. The van der Waals surface area contributed by atoms with Gasteiger partial charge in [-0.2, -0.15) is 0 Å². The number of primary amides is 1. The second kappa shape index (κ2) is 4.21. The van der Waals surface area contributed by atoms with Crippen LogP contribution >= 0.6 is 11.6 Å². The number of amides is 2. The Bertz CT molecular complexity index is 540. The molecule has 1 saturated heterocycles. The van der Waals surface area contributed by atoms with E-state index >= 15 is 0 Å². The van der Waals surface area contributed by atoms with Crippen molar-refractivity contribution in [3.05, 3.63) is 27.6 Å². The summed E-state index contributed by atoms with van der Waals surface area (Å²) in [7, 11) is 0. The molecule has 1 aromatic heterocycles. The summed E-state index contributed by atoms with van der Waals surface area (Å²) < 4.78 is 0. The number of hydrogen-bond donors (Lipinski definition) is 2. The summed E-state index contributed by atoms with van der Waals surface area (Å²) >= 11 is 5.74. The van der Waals surface area contributed by atoms with Gasteiger partial charge in [-0.25, -0.2) is 0 Å². The molecule has 1 atom stereocenters. The van der Waals surface area contributed by atoms with Gasteiger partial charge < -0.3 is 15.6 Å². The van der Waals surface area contributed by atoms with Gasteiger partial charge in [0.1, 0.15) is 5.69 Å². The molecule has 0 aliphatic carbocycles. The van der Waals surface area contributed by atoms with Gasteiger partial charge in [0.25, 0.3) is 5.56 Å². The number of pyridine rings is 1. The third-order valence-electron chi connectivity index (χ3n) is 2.67. The van der Waals surface area contributed by atoms with E-state index in [0.717, 1.165) is 0 Å². The number of halogens is 1. The lowest BCUT2D eigenvalue weighted by Crippen LogP contribution is -2.32. The van der Waals surface area contributed by atoms with Crippen molar-refractivity contribution in [2.75, 3.05) is 11.4 Å². The molecule has 0 aromatic carbocycles. The largest absolute Gasteiger partial charge is 0.369 e. The van der Waals surface area contributed by atoms with E-state index in [-0.39, 0.29) is 24.6 Å². The highest BCUT2D eigenvalue weighted by Gasteiger charge is 2.35. The van der Waals surface area contributed by atoms with Gasteiger partial charge in [0.15, 0.2) is 0 Å². The zero-order chi connectivity index (χ0) is 12.6. The average molecular weight is 256 g/mol. The van der Waals surface area contributed by atoms with Crippen molar-refractivity contribution in [2.24, 2.45) is 11.7 Å². The van der Waals surface area contributed by atoms with Crippen molar-refractivity contribution in [2.45, 2.75) is 6.42 Å². The molecule has 7 heteroatoms. The highest BCUT2D eigenvalue weighted by molar-refractivity contribution is 6.30. The summed E-state index contributed by atoms with van der Waals surface area (Å²) in [5.74, 6) is -1.40. The Morgan fingerprint density at radius 1 is 1.53 bits per heavy atom. The Labute approximate surface area is 101 Å². The highest BCUT2D eigenvalue weighted by Crippen LogP contribution is 2.23. The van der Waals surface area contributed by atoms with E-state index in [1.54, 1.807) is 0 Å². The molecule has 2 amide bonds. The number of nitrogens with one attached hydrogen (secondary N) is 1. The number of nitrogens with two attached hydrogens (primary N) is 1. The van der Waals surface area contributed by atoms with Crippen LogP contribution in [0.2, 0.25) is 5.02 Å². The van der Waals surface area contributed by atoms with E-state index in [1.165, 1.54) is 17.2 Å². The van der Waals surface area contributed by atoms with Crippen molar-refractivity contribution >= 4 is 29.1 Å². The summed E-state index contributed by atoms with van der Waals surface area (Å²) in [6, 6.07) is 1.39. The van der Waals surface area contributed by atoms with Crippen molar-refractivity contribution in [1.29, 1.82) is 0 Å². The lowest BCUT2D eigenvalue weighted by molar-refractivity contribution is -0.123. The second-order valence-corrected chi connectivity index (χ2v) is 4.28. The van der Waals surface area contributed by atoms with Gasteiger partial charge in [-0.1, -0.05) is 11.6 Å². The fourth-order valence-electron chi connectivity index (χ4n) is 1.78. The van der Waals surface area contributed by atoms with Crippen LogP contribution in [-0.2, 0) is 9.59 Å². The molecule has 2 heterocycles. The lowest BCUT2D eigenvalue weighted by atomic mass is 10.1. The summed E-state index contributed by atoms with van der Waals surface area (Å²) in [6.45, 7) is 0.123. The Balaban J connectivity index is 2.35. The number of H-pyrrole nitrogens is 1. The van der Waals surface area contributed by atoms with Crippen LogP contribution in [0.25, 0.3) is 0 Å². The summed E-state index contributed by atoms with van der Waals surface area (Å²) in [4.78, 5) is 37.9. The molecule has 17 heavy (non-hydrogen) atoms. The fourth-order valence-corrected chi connectivity index (χ4v) is 1.94. The molecule has 90 valence electrons.